The number of benzene rings is 1. The highest BCUT2D eigenvalue weighted by Gasteiger charge is 2.58. The van der Waals surface area contributed by atoms with Gasteiger partial charge in [-0.25, -0.2) is 0 Å². The lowest BCUT2D eigenvalue weighted by atomic mass is 9.91. The van der Waals surface area contributed by atoms with Gasteiger partial charge in [0.1, 0.15) is 0 Å². The van der Waals surface area contributed by atoms with E-state index in [-0.39, 0.29) is 35.7 Å². The zero-order valence-corrected chi connectivity index (χ0v) is 16.2. The molecule has 0 aromatic heterocycles. The fourth-order valence-corrected chi connectivity index (χ4v) is 4.29. The molecular weight excluding hydrogens is 344 g/mol. The van der Waals surface area contributed by atoms with Crippen molar-refractivity contribution in [3.63, 3.8) is 0 Å². The van der Waals surface area contributed by atoms with Crippen LogP contribution in [0.4, 0.5) is 0 Å². The van der Waals surface area contributed by atoms with Gasteiger partial charge < -0.3 is 10.2 Å². The van der Waals surface area contributed by atoms with Gasteiger partial charge >= 0.3 is 0 Å². The number of amides is 1. The molecule has 1 aliphatic carbocycles. The summed E-state index contributed by atoms with van der Waals surface area (Å²) in [5.74, 6) is 0.488. The molecule has 1 aromatic rings. The van der Waals surface area contributed by atoms with E-state index in [4.69, 9.17) is 0 Å². The van der Waals surface area contributed by atoms with Crippen molar-refractivity contribution in [1.82, 2.24) is 10.2 Å². The normalized spacial score (nSPS) is 23.9. The highest BCUT2D eigenvalue weighted by atomic mass is 35.5. The average Bonchev–Trinajstić information content (AvgIpc) is 3.26. The Kier molecular flexibility index (Phi) is 6.10. The molecule has 1 saturated heterocycles. The molecule has 3 unspecified atom stereocenters. The molecule has 1 aromatic carbocycles. The summed E-state index contributed by atoms with van der Waals surface area (Å²) in [7, 11) is 0.947. The van der Waals surface area contributed by atoms with Crippen LogP contribution in [0.3, 0.4) is 0 Å². The van der Waals surface area contributed by atoms with E-state index < -0.39 is 10.8 Å². The molecule has 2 fully saturated rings. The largest absolute Gasteiger partial charge is 0.339 e. The van der Waals surface area contributed by atoms with E-state index in [1.165, 1.54) is 0 Å². The van der Waals surface area contributed by atoms with Crippen molar-refractivity contribution >= 4 is 29.1 Å². The topological polar surface area (TPSA) is 49.4 Å². The minimum absolute atomic E-state index is 0. The first kappa shape index (κ1) is 19.4. The van der Waals surface area contributed by atoms with Gasteiger partial charge in [-0.1, -0.05) is 12.1 Å². The molecule has 1 aliphatic heterocycles. The van der Waals surface area contributed by atoms with Crippen LogP contribution in [0, 0.1) is 11.3 Å². The first-order chi connectivity index (χ1) is 10.9. The van der Waals surface area contributed by atoms with Crippen molar-refractivity contribution in [1.29, 1.82) is 0 Å². The number of carbonyl (C=O) groups excluding carboxylic acids is 1. The lowest BCUT2D eigenvalue weighted by molar-refractivity contribution is -0.134. The molecule has 1 heterocycles. The fraction of sp³-hybridized carbons (Fsp3) is 0.611. The molecule has 1 amide bonds. The van der Waals surface area contributed by atoms with Crippen molar-refractivity contribution in [2.24, 2.45) is 11.3 Å². The SMILES string of the molecule is CC(c1ccc(S(C)=O)cc1)N(C)C(=O)C1CC12CCNCC2.Cl. The van der Waals surface area contributed by atoms with E-state index in [0.717, 1.165) is 42.8 Å². The Bertz CT molecular complexity index is 614. The van der Waals surface area contributed by atoms with Crippen LogP contribution in [-0.2, 0) is 15.6 Å². The molecule has 0 radical (unpaired) electrons. The highest BCUT2D eigenvalue weighted by molar-refractivity contribution is 7.84. The minimum atomic E-state index is -0.961. The second kappa shape index (κ2) is 7.54. The van der Waals surface area contributed by atoms with Crippen LogP contribution in [0.5, 0.6) is 0 Å². The summed E-state index contributed by atoms with van der Waals surface area (Å²) >= 11 is 0. The van der Waals surface area contributed by atoms with Crippen LogP contribution in [0.2, 0.25) is 0 Å². The molecule has 24 heavy (non-hydrogen) atoms. The third kappa shape index (κ3) is 3.68. The molecule has 1 N–H and O–H groups in total. The number of hydrogen-bond donors (Lipinski definition) is 1. The van der Waals surface area contributed by atoms with E-state index in [2.05, 4.69) is 12.2 Å². The predicted octanol–water partition coefficient (Wildman–Crippen LogP) is 2.75. The molecule has 1 saturated carbocycles. The molecular formula is C18H27ClN2O2S. The van der Waals surface area contributed by atoms with E-state index >= 15 is 0 Å². The highest BCUT2D eigenvalue weighted by Crippen LogP contribution is 2.59. The van der Waals surface area contributed by atoms with Gasteiger partial charge in [0.25, 0.3) is 0 Å². The number of rotatable bonds is 4. The molecule has 0 bridgehead atoms. The van der Waals surface area contributed by atoms with Crippen LogP contribution in [0.15, 0.2) is 29.2 Å². The smallest absolute Gasteiger partial charge is 0.226 e. The molecule has 134 valence electrons. The van der Waals surface area contributed by atoms with E-state index in [1.807, 2.05) is 36.2 Å². The second-order valence-corrected chi connectivity index (χ2v) is 8.40. The Morgan fingerprint density at radius 1 is 1.29 bits per heavy atom. The third-order valence-corrected chi connectivity index (χ3v) is 6.65. The average molecular weight is 371 g/mol. The monoisotopic (exact) mass is 370 g/mol. The maximum atomic E-state index is 12.8. The van der Waals surface area contributed by atoms with Crippen LogP contribution >= 0.6 is 12.4 Å². The first-order valence-corrected chi connectivity index (χ1v) is 9.91. The summed E-state index contributed by atoms with van der Waals surface area (Å²) in [6, 6.07) is 7.80. The van der Waals surface area contributed by atoms with Crippen LogP contribution in [-0.4, -0.2) is 41.4 Å². The van der Waals surface area contributed by atoms with Crippen molar-refractivity contribution in [2.75, 3.05) is 26.4 Å². The maximum Gasteiger partial charge on any atom is 0.226 e. The summed E-state index contributed by atoms with van der Waals surface area (Å²) in [6.45, 7) is 4.14. The van der Waals surface area contributed by atoms with Gasteiger partial charge in [-0.3, -0.25) is 9.00 Å². The molecule has 2 aliphatic rings. The summed E-state index contributed by atoms with van der Waals surface area (Å²) < 4.78 is 11.5. The maximum absolute atomic E-state index is 12.8. The summed E-state index contributed by atoms with van der Waals surface area (Å²) in [4.78, 5) is 15.5. The summed E-state index contributed by atoms with van der Waals surface area (Å²) in [5, 5.41) is 3.38. The first-order valence-electron chi connectivity index (χ1n) is 8.35. The fourth-order valence-electron chi connectivity index (χ4n) is 3.77. The number of carbonyl (C=O) groups is 1. The van der Waals surface area contributed by atoms with Gasteiger partial charge in [0, 0.05) is 34.9 Å². The Morgan fingerprint density at radius 2 is 1.88 bits per heavy atom. The third-order valence-electron chi connectivity index (χ3n) is 5.71. The van der Waals surface area contributed by atoms with Gasteiger partial charge in [0.2, 0.25) is 5.91 Å². The van der Waals surface area contributed by atoms with Crippen molar-refractivity contribution < 1.29 is 9.00 Å². The Balaban J connectivity index is 0.00000208. The summed E-state index contributed by atoms with van der Waals surface area (Å²) in [5.41, 5.74) is 1.37. The van der Waals surface area contributed by atoms with E-state index in [1.54, 1.807) is 6.26 Å². The summed E-state index contributed by atoms with van der Waals surface area (Å²) in [6.07, 6.45) is 4.99. The second-order valence-electron chi connectivity index (χ2n) is 7.02. The standard InChI is InChI=1S/C18H26N2O2S.ClH/c1-13(14-4-6-15(7-5-14)23(3)22)20(2)17(21)16-12-18(16)8-10-19-11-9-18;/h4-7,13,16,19H,8-12H2,1-3H3;1H. The lowest BCUT2D eigenvalue weighted by Crippen LogP contribution is -2.35. The van der Waals surface area contributed by atoms with E-state index in [9.17, 15) is 9.00 Å². The van der Waals surface area contributed by atoms with Gasteiger partial charge in [-0.15, -0.1) is 12.4 Å². The molecule has 1 spiro atoms. The van der Waals surface area contributed by atoms with Crippen molar-refractivity contribution in [3.8, 4) is 0 Å². The number of hydrogen-bond acceptors (Lipinski definition) is 3. The zero-order chi connectivity index (χ0) is 16.6. The van der Waals surface area contributed by atoms with Crippen LogP contribution in [0.25, 0.3) is 0 Å². The predicted molar refractivity (Wildman–Crippen MR) is 99.9 cm³/mol. The Hall–Kier alpha value is -0.910. The number of halogens is 1. The van der Waals surface area contributed by atoms with Gasteiger partial charge in [-0.05, 0) is 62.4 Å². The molecule has 3 atom stereocenters. The van der Waals surface area contributed by atoms with E-state index in [0.29, 0.717) is 0 Å². The number of nitrogens with one attached hydrogen (secondary N) is 1. The quantitative estimate of drug-likeness (QED) is 0.886. The number of piperidine rings is 1. The van der Waals surface area contributed by atoms with Crippen LogP contribution < -0.4 is 5.32 Å². The molecule has 6 heteroatoms. The van der Waals surface area contributed by atoms with Gasteiger partial charge in [0.15, 0.2) is 0 Å². The minimum Gasteiger partial charge on any atom is -0.339 e. The van der Waals surface area contributed by atoms with Gasteiger partial charge in [-0.2, -0.15) is 0 Å². The van der Waals surface area contributed by atoms with Crippen LogP contribution in [0.1, 0.15) is 37.8 Å². The number of nitrogens with zero attached hydrogens (tertiary/aromatic N) is 1. The van der Waals surface area contributed by atoms with Crippen molar-refractivity contribution in [3.05, 3.63) is 29.8 Å². The van der Waals surface area contributed by atoms with Crippen molar-refractivity contribution in [2.45, 2.75) is 37.1 Å². The zero-order valence-electron chi connectivity index (χ0n) is 14.6. The molecule has 4 nitrogen and oxygen atoms in total. The Morgan fingerprint density at radius 3 is 2.42 bits per heavy atom. The lowest BCUT2D eigenvalue weighted by Gasteiger charge is -2.28. The van der Waals surface area contributed by atoms with Gasteiger partial charge in [0.05, 0.1) is 6.04 Å². The Labute approximate surface area is 153 Å². The molecule has 3 rings (SSSR count).